The van der Waals surface area contributed by atoms with Gasteiger partial charge in [-0.3, -0.25) is 9.36 Å². The van der Waals surface area contributed by atoms with Crippen LogP contribution in [0.3, 0.4) is 0 Å². The Morgan fingerprint density at radius 2 is 2.08 bits per heavy atom. The molecule has 3 N–H and O–H groups in total. The Bertz CT molecular complexity index is 707. The zero-order valence-corrected chi connectivity index (χ0v) is 15.4. The van der Waals surface area contributed by atoms with Crippen LogP contribution in [0.15, 0.2) is 37.1 Å². The van der Waals surface area contributed by atoms with Gasteiger partial charge in [0.2, 0.25) is 5.91 Å². The number of pyridine rings is 1. The fraction of sp³-hybridized carbons (Fsp3) is 0.471. The number of nitrogens with one attached hydrogen (secondary N) is 1. The molecule has 2 heterocycles. The Labute approximate surface area is 159 Å². The van der Waals surface area contributed by atoms with Gasteiger partial charge in [-0.1, -0.05) is 0 Å². The van der Waals surface area contributed by atoms with E-state index in [2.05, 4.69) is 15.3 Å². The van der Waals surface area contributed by atoms with Crippen LogP contribution in [0.25, 0.3) is 5.82 Å². The number of halogens is 2. The van der Waals surface area contributed by atoms with Crippen LogP contribution < -0.4 is 11.1 Å². The summed E-state index contributed by atoms with van der Waals surface area (Å²) in [6.45, 7) is 0.504. The minimum Gasteiger partial charge on any atom is -0.352 e. The maximum atomic E-state index is 12.5. The van der Waals surface area contributed by atoms with Crippen molar-refractivity contribution in [1.29, 1.82) is 0 Å². The van der Waals surface area contributed by atoms with Crippen molar-refractivity contribution in [3.8, 4) is 5.82 Å². The lowest BCUT2D eigenvalue weighted by Gasteiger charge is -2.27. The van der Waals surface area contributed by atoms with Crippen LogP contribution in [0.1, 0.15) is 24.8 Å². The van der Waals surface area contributed by atoms with Gasteiger partial charge < -0.3 is 11.1 Å². The molecule has 4 rings (SSSR count). The van der Waals surface area contributed by atoms with Crippen LogP contribution in [-0.4, -0.2) is 26.5 Å². The average Bonchev–Trinajstić information content (AvgIpc) is 3.30. The first-order valence-electron chi connectivity index (χ1n) is 8.19. The van der Waals surface area contributed by atoms with E-state index in [0.29, 0.717) is 18.4 Å². The minimum absolute atomic E-state index is 0. The number of carbonyl (C=O) groups excluding carboxylic acids is 1. The summed E-state index contributed by atoms with van der Waals surface area (Å²) >= 11 is 0. The highest BCUT2D eigenvalue weighted by atomic mass is 35.5. The molecule has 136 valence electrons. The summed E-state index contributed by atoms with van der Waals surface area (Å²) in [5, 5.41) is 3.06. The maximum absolute atomic E-state index is 12.5. The third-order valence-corrected chi connectivity index (χ3v) is 5.33. The van der Waals surface area contributed by atoms with Crippen LogP contribution in [0.2, 0.25) is 0 Å². The molecular formula is C17H23Cl2N5O. The number of amides is 1. The molecule has 8 heteroatoms. The number of nitrogens with two attached hydrogens (primary N) is 1. The van der Waals surface area contributed by atoms with Gasteiger partial charge in [-0.2, -0.15) is 0 Å². The van der Waals surface area contributed by atoms with E-state index >= 15 is 0 Å². The zero-order valence-electron chi connectivity index (χ0n) is 13.7. The van der Waals surface area contributed by atoms with Crippen LogP contribution in [0.5, 0.6) is 0 Å². The molecule has 0 aromatic carbocycles. The molecule has 1 amide bonds. The number of nitrogens with zero attached hydrogens (tertiary/aromatic N) is 3. The molecule has 2 aromatic rings. The van der Waals surface area contributed by atoms with Crippen LogP contribution >= 0.6 is 24.8 Å². The molecule has 0 radical (unpaired) electrons. The zero-order chi connectivity index (χ0) is 15.8. The highest BCUT2D eigenvalue weighted by molar-refractivity contribution is 5.85. The van der Waals surface area contributed by atoms with Crippen molar-refractivity contribution in [3.63, 3.8) is 0 Å². The van der Waals surface area contributed by atoms with E-state index in [1.165, 1.54) is 6.42 Å². The van der Waals surface area contributed by atoms with Gasteiger partial charge in [-0.25, -0.2) is 9.97 Å². The first-order chi connectivity index (χ1) is 11.2. The average molecular weight is 384 g/mol. The van der Waals surface area contributed by atoms with Crippen molar-refractivity contribution in [2.45, 2.75) is 31.8 Å². The number of hydrogen-bond donors (Lipinski definition) is 2. The monoisotopic (exact) mass is 383 g/mol. The largest absolute Gasteiger partial charge is 0.352 e. The van der Waals surface area contributed by atoms with Crippen molar-refractivity contribution in [3.05, 3.63) is 42.6 Å². The minimum atomic E-state index is -0.0105. The number of aromatic nitrogens is 3. The SMILES string of the molecule is Cl.Cl.NC1C2CCC(C2)C1C(=O)NCc1ccnc(-n2ccnc2)c1. The number of imidazole rings is 1. The lowest BCUT2D eigenvalue weighted by atomic mass is 9.84. The number of rotatable bonds is 4. The molecule has 0 saturated heterocycles. The Morgan fingerprint density at radius 3 is 2.76 bits per heavy atom. The Morgan fingerprint density at radius 1 is 1.28 bits per heavy atom. The van der Waals surface area contributed by atoms with Crippen molar-refractivity contribution in [2.75, 3.05) is 0 Å². The van der Waals surface area contributed by atoms with Crippen LogP contribution in [0, 0.1) is 17.8 Å². The molecular weight excluding hydrogens is 361 g/mol. The van der Waals surface area contributed by atoms with Crippen molar-refractivity contribution in [2.24, 2.45) is 23.5 Å². The predicted molar refractivity (Wildman–Crippen MR) is 100.0 cm³/mol. The molecule has 2 bridgehead atoms. The van der Waals surface area contributed by atoms with Gasteiger partial charge in [0.1, 0.15) is 12.1 Å². The van der Waals surface area contributed by atoms with Gasteiger partial charge in [0.05, 0.1) is 5.92 Å². The second kappa shape index (κ2) is 8.17. The van der Waals surface area contributed by atoms with E-state index in [9.17, 15) is 4.79 Å². The summed E-state index contributed by atoms with van der Waals surface area (Å²) in [5.74, 6) is 1.92. The lowest BCUT2D eigenvalue weighted by Crippen LogP contribution is -2.45. The normalized spacial score (nSPS) is 26.6. The lowest BCUT2D eigenvalue weighted by molar-refractivity contribution is -0.127. The highest BCUT2D eigenvalue weighted by Gasteiger charge is 2.48. The Balaban J connectivity index is 0.00000113. The Kier molecular flexibility index (Phi) is 6.43. The predicted octanol–water partition coefficient (Wildman–Crippen LogP) is 2.10. The van der Waals surface area contributed by atoms with Crippen molar-refractivity contribution < 1.29 is 4.79 Å². The number of fused-ring (bicyclic) bond motifs is 2. The van der Waals surface area contributed by atoms with Crippen LogP contribution in [-0.2, 0) is 11.3 Å². The van der Waals surface area contributed by atoms with E-state index in [-0.39, 0.29) is 42.7 Å². The molecule has 4 atom stereocenters. The smallest absolute Gasteiger partial charge is 0.225 e. The molecule has 6 nitrogen and oxygen atoms in total. The molecule has 2 aliphatic rings. The quantitative estimate of drug-likeness (QED) is 0.846. The summed E-state index contributed by atoms with van der Waals surface area (Å²) in [5.41, 5.74) is 7.26. The molecule has 0 aliphatic heterocycles. The van der Waals surface area contributed by atoms with Gasteiger partial charge in [-0.15, -0.1) is 24.8 Å². The second-order valence-electron chi connectivity index (χ2n) is 6.65. The first-order valence-corrected chi connectivity index (χ1v) is 8.19. The fourth-order valence-electron chi connectivity index (χ4n) is 4.14. The van der Waals surface area contributed by atoms with Gasteiger partial charge in [-0.05, 0) is 48.8 Å². The van der Waals surface area contributed by atoms with E-state index in [4.69, 9.17) is 5.73 Å². The van der Waals surface area contributed by atoms with Gasteiger partial charge in [0, 0.05) is 31.2 Å². The molecule has 4 unspecified atom stereocenters. The van der Waals surface area contributed by atoms with E-state index in [1.807, 2.05) is 22.9 Å². The topological polar surface area (TPSA) is 85.8 Å². The van der Waals surface area contributed by atoms with E-state index in [1.54, 1.807) is 18.7 Å². The highest BCUT2D eigenvalue weighted by Crippen LogP contribution is 2.47. The van der Waals surface area contributed by atoms with Crippen molar-refractivity contribution in [1.82, 2.24) is 19.9 Å². The Hall–Kier alpha value is -1.63. The van der Waals surface area contributed by atoms with Crippen LogP contribution in [0.4, 0.5) is 0 Å². The van der Waals surface area contributed by atoms with Gasteiger partial charge in [0.25, 0.3) is 0 Å². The first kappa shape index (κ1) is 19.7. The summed E-state index contributed by atoms with van der Waals surface area (Å²) in [4.78, 5) is 20.9. The van der Waals surface area contributed by atoms with Gasteiger partial charge >= 0.3 is 0 Å². The summed E-state index contributed by atoms with van der Waals surface area (Å²) in [6.07, 6.45) is 10.5. The summed E-state index contributed by atoms with van der Waals surface area (Å²) in [6, 6.07) is 3.91. The van der Waals surface area contributed by atoms with E-state index < -0.39 is 0 Å². The molecule has 2 aromatic heterocycles. The maximum Gasteiger partial charge on any atom is 0.225 e. The van der Waals surface area contributed by atoms with Crippen molar-refractivity contribution >= 4 is 30.7 Å². The fourth-order valence-corrected chi connectivity index (χ4v) is 4.14. The number of hydrogen-bond acceptors (Lipinski definition) is 4. The summed E-state index contributed by atoms with van der Waals surface area (Å²) < 4.78 is 1.84. The van der Waals surface area contributed by atoms with E-state index in [0.717, 1.165) is 24.2 Å². The summed E-state index contributed by atoms with van der Waals surface area (Å²) in [7, 11) is 0. The standard InChI is InChI=1S/C17H21N5O.2ClH/c18-16-13-2-1-12(8-13)15(16)17(23)21-9-11-3-4-20-14(7-11)22-6-5-19-10-22;;/h3-7,10,12-13,15-16H,1-2,8-9,18H2,(H,21,23);2*1H. The molecule has 2 aliphatic carbocycles. The molecule has 2 saturated carbocycles. The third-order valence-electron chi connectivity index (χ3n) is 5.33. The third kappa shape index (κ3) is 3.81. The molecule has 2 fully saturated rings. The molecule has 0 spiro atoms. The van der Waals surface area contributed by atoms with Gasteiger partial charge in [0.15, 0.2) is 0 Å². The number of carbonyl (C=O) groups is 1. The molecule has 25 heavy (non-hydrogen) atoms. The second-order valence-corrected chi connectivity index (χ2v) is 6.65.